The molecule has 1 saturated heterocycles. The molecule has 5 rings (SSSR count). The highest BCUT2D eigenvalue weighted by molar-refractivity contribution is 7.11. The molecule has 3 heterocycles. The summed E-state index contributed by atoms with van der Waals surface area (Å²) in [5, 5.41) is 3.24. The summed E-state index contributed by atoms with van der Waals surface area (Å²) in [5.41, 5.74) is 3.02. The number of halogens is 2. The van der Waals surface area contributed by atoms with Crippen LogP contribution in [0, 0.1) is 23.6 Å². The fraction of sp³-hybridized carbons (Fsp3) is 0.333. The Hall–Kier alpha value is -2.16. The molecule has 0 N–H and O–H groups in total. The Labute approximate surface area is 166 Å². The number of hydrogen-bond donors (Lipinski definition) is 0. The van der Waals surface area contributed by atoms with Crippen molar-refractivity contribution in [3.63, 3.8) is 0 Å². The first-order chi connectivity index (χ1) is 13.2. The van der Waals surface area contributed by atoms with Gasteiger partial charge in [-0.2, -0.15) is 0 Å². The second-order valence-corrected chi connectivity index (χ2v) is 8.32. The molecule has 136 valence electrons. The van der Waals surface area contributed by atoms with Crippen molar-refractivity contribution in [2.75, 3.05) is 6.54 Å². The van der Waals surface area contributed by atoms with Crippen LogP contribution in [0.5, 0.6) is 0 Å². The van der Waals surface area contributed by atoms with Crippen LogP contribution in [0.1, 0.15) is 42.3 Å². The molecule has 0 radical (unpaired) electrons. The van der Waals surface area contributed by atoms with Crippen LogP contribution in [0.3, 0.4) is 0 Å². The minimum absolute atomic E-state index is 0.312. The number of amidine groups is 1. The van der Waals surface area contributed by atoms with E-state index in [2.05, 4.69) is 21.7 Å². The van der Waals surface area contributed by atoms with Gasteiger partial charge in [0.05, 0.1) is 5.57 Å². The third-order valence-corrected chi connectivity index (χ3v) is 6.18. The van der Waals surface area contributed by atoms with Crippen LogP contribution in [0.15, 0.2) is 46.0 Å². The van der Waals surface area contributed by atoms with Crippen molar-refractivity contribution in [2.45, 2.75) is 31.7 Å². The van der Waals surface area contributed by atoms with E-state index in [9.17, 15) is 4.39 Å². The van der Waals surface area contributed by atoms with Gasteiger partial charge >= 0.3 is 0 Å². The Morgan fingerprint density at radius 3 is 2.93 bits per heavy atom. The van der Waals surface area contributed by atoms with Crippen LogP contribution in [0.2, 0.25) is 5.02 Å². The lowest BCUT2D eigenvalue weighted by Gasteiger charge is -2.31. The number of allylic oxidation sites excluding steroid dienone is 1. The molecule has 0 bridgehead atoms. The van der Waals surface area contributed by atoms with Gasteiger partial charge in [0.1, 0.15) is 11.9 Å². The molecule has 2 aliphatic heterocycles. The maximum absolute atomic E-state index is 13.6. The summed E-state index contributed by atoms with van der Waals surface area (Å²) in [6.07, 6.45) is 6.18. The molecular weight excluding hydrogens is 381 g/mol. The molecule has 1 atom stereocenters. The molecule has 3 nitrogen and oxygen atoms in total. The lowest BCUT2D eigenvalue weighted by Crippen LogP contribution is -2.32. The molecule has 0 spiro atoms. The first-order valence-corrected chi connectivity index (χ1v) is 10.4. The van der Waals surface area contributed by atoms with Gasteiger partial charge in [0, 0.05) is 40.3 Å². The summed E-state index contributed by atoms with van der Waals surface area (Å²) in [5.74, 6) is 7.84. The van der Waals surface area contributed by atoms with Gasteiger partial charge in [0.15, 0.2) is 10.8 Å². The van der Waals surface area contributed by atoms with Gasteiger partial charge in [0.2, 0.25) is 0 Å². The molecule has 3 aliphatic rings. The molecule has 1 saturated carbocycles. The van der Waals surface area contributed by atoms with Crippen molar-refractivity contribution in [3.05, 3.63) is 62.5 Å². The van der Waals surface area contributed by atoms with Crippen LogP contribution in [-0.2, 0) is 0 Å². The Kier molecular flexibility index (Phi) is 4.26. The van der Waals surface area contributed by atoms with Crippen molar-refractivity contribution in [3.8, 4) is 11.8 Å². The molecule has 2 aromatic rings. The average molecular weight is 398 g/mol. The standard InChI is InChI=1S/C21H17ClFN3S/c22-17-12-14(23)6-8-15(17)19-16(7-5-13-3-4-13)18-2-1-10-26(18)20(25-19)21-24-9-11-27-21/h6,8-9,11-13,19H,1-4,10H2. The molecule has 1 aromatic carbocycles. The third-order valence-electron chi connectivity index (χ3n) is 5.08. The Morgan fingerprint density at radius 2 is 2.19 bits per heavy atom. The highest BCUT2D eigenvalue weighted by Gasteiger charge is 2.35. The van der Waals surface area contributed by atoms with E-state index in [1.54, 1.807) is 23.6 Å². The van der Waals surface area contributed by atoms with Crippen LogP contribution < -0.4 is 0 Å². The molecular formula is C21H17ClFN3S. The maximum atomic E-state index is 13.6. The van der Waals surface area contributed by atoms with Crippen molar-refractivity contribution < 1.29 is 4.39 Å². The van der Waals surface area contributed by atoms with Gasteiger partial charge in [-0.1, -0.05) is 29.5 Å². The summed E-state index contributed by atoms with van der Waals surface area (Å²) < 4.78 is 13.6. The number of aliphatic imine (C=N–C) groups is 1. The average Bonchev–Trinajstić information content (AvgIpc) is 3.11. The highest BCUT2D eigenvalue weighted by atomic mass is 35.5. The number of benzene rings is 1. The van der Waals surface area contributed by atoms with Gasteiger partial charge < -0.3 is 4.90 Å². The molecule has 27 heavy (non-hydrogen) atoms. The molecule has 6 heteroatoms. The quantitative estimate of drug-likeness (QED) is 0.651. The minimum Gasteiger partial charge on any atom is -0.327 e. The van der Waals surface area contributed by atoms with Gasteiger partial charge in [-0.3, -0.25) is 4.99 Å². The highest BCUT2D eigenvalue weighted by Crippen LogP contribution is 2.42. The van der Waals surface area contributed by atoms with Gasteiger partial charge in [-0.25, -0.2) is 9.37 Å². The zero-order chi connectivity index (χ0) is 18.4. The fourth-order valence-corrected chi connectivity index (χ4v) is 4.51. The van der Waals surface area contributed by atoms with Crippen LogP contribution in [0.4, 0.5) is 4.39 Å². The first kappa shape index (κ1) is 17.0. The molecule has 2 fully saturated rings. The number of rotatable bonds is 2. The van der Waals surface area contributed by atoms with Gasteiger partial charge in [-0.05, 0) is 37.8 Å². The Bertz CT molecular complexity index is 1010. The first-order valence-electron chi connectivity index (χ1n) is 9.15. The Morgan fingerprint density at radius 1 is 1.30 bits per heavy atom. The predicted octanol–water partition coefficient (Wildman–Crippen LogP) is 5.20. The van der Waals surface area contributed by atoms with Crippen LogP contribution in [0.25, 0.3) is 0 Å². The van der Waals surface area contributed by atoms with Crippen LogP contribution >= 0.6 is 22.9 Å². The molecule has 0 amide bonds. The van der Waals surface area contributed by atoms with E-state index in [0.717, 1.165) is 41.4 Å². The van der Waals surface area contributed by atoms with E-state index in [4.69, 9.17) is 16.6 Å². The topological polar surface area (TPSA) is 28.5 Å². The summed E-state index contributed by atoms with van der Waals surface area (Å²) in [6, 6.07) is 4.22. The number of aromatic nitrogens is 1. The number of hydrogen-bond acceptors (Lipinski definition) is 4. The lowest BCUT2D eigenvalue weighted by molar-refractivity contribution is 0.553. The largest absolute Gasteiger partial charge is 0.327 e. The normalized spacial score (nSPS) is 21.6. The smallest absolute Gasteiger partial charge is 0.165 e. The molecule has 1 aliphatic carbocycles. The van der Waals surface area contributed by atoms with Crippen LogP contribution in [-0.4, -0.2) is 22.3 Å². The van der Waals surface area contributed by atoms with E-state index in [0.29, 0.717) is 10.9 Å². The predicted molar refractivity (Wildman–Crippen MR) is 106 cm³/mol. The van der Waals surface area contributed by atoms with Crippen molar-refractivity contribution in [2.24, 2.45) is 10.9 Å². The zero-order valence-corrected chi connectivity index (χ0v) is 16.2. The van der Waals surface area contributed by atoms with E-state index in [1.165, 1.54) is 30.7 Å². The number of thiazole rings is 1. The van der Waals surface area contributed by atoms with E-state index < -0.39 is 0 Å². The minimum atomic E-state index is -0.343. The van der Waals surface area contributed by atoms with Crippen molar-refractivity contribution in [1.29, 1.82) is 0 Å². The summed E-state index contributed by atoms with van der Waals surface area (Å²) in [7, 11) is 0. The van der Waals surface area contributed by atoms with Crippen molar-refractivity contribution in [1.82, 2.24) is 9.88 Å². The second kappa shape index (κ2) is 6.78. The van der Waals surface area contributed by atoms with E-state index in [1.807, 2.05) is 5.38 Å². The second-order valence-electron chi connectivity index (χ2n) is 7.02. The van der Waals surface area contributed by atoms with E-state index in [-0.39, 0.29) is 11.9 Å². The van der Waals surface area contributed by atoms with Gasteiger partial charge in [-0.15, -0.1) is 11.3 Å². The fourth-order valence-electron chi connectivity index (χ4n) is 3.60. The third kappa shape index (κ3) is 3.18. The SMILES string of the molecule is Fc1ccc(C2N=C(c3nccs3)N3CCCC3=C2C#CC2CC2)c(Cl)c1. The monoisotopic (exact) mass is 397 g/mol. The maximum Gasteiger partial charge on any atom is 0.165 e. The molecule has 1 aromatic heterocycles. The summed E-state index contributed by atoms with van der Waals surface area (Å²) in [4.78, 5) is 11.8. The summed E-state index contributed by atoms with van der Waals surface area (Å²) >= 11 is 7.99. The number of nitrogens with zero attached hydrogens (tertiary/aromatic N) is 3. The lowest BCUT2D eigenvalue weighted by atomic mass is 9.95. The van der Waals surface area contributed by atoms with Gasteiger partial charge in [0.25, 0.3) is 0 Å². The number of fused-ring (bicyclic) bond motifs is 1. The van der Waals surface area contributed by atoms with Crippen molar-refractivity contribution >= 4 is 28.8 Å². The zero-order valence-electron chi connectivity index (χ0n) is 14.6. The summed E-state index contributed by atoms with van der Waals surface area (Å²) in [6.45, 7) is 0.923. The Balaban J connectivity index is 1.67. The molecule has 1 unspecified atom stereocenters. The van der Waals surface area contributed by atoms with E-state index >= 15 is 0 Å².